The lowest BCUT2D eigenvalue weighted by molar-refractivity contribution is 0.0402. The molecule has 2 heterocycles. The Labute approximate surface area is 240 Å². The number of aliphatic hydroxyl groups is 1. The fourth-order valence-electron chi connectivity index (χ4n) is 5.20. The molecule has 3 aromatic carbocycles. The maximum Gasteiger partial charge on any atom is 0.254 e. The maximum atomic E-state index is 14.1. The van der Waals surface area contributed by atoms with Gasteiger partial charge in [0.1, 0.15) is 11.6 Å². The molecule has 0 radical (unpaired) electrons. The van der Waals surface area contributed by atoms with Gasteiger partial charge in [0, 0.05) is 72.6 Å². The number of carbonyl (C=O) groups excluding carboxylic acids is 1. The Morgan fingerprint density at radius 1 is 1.07 bits per heavy atom. The lowest BCUT2D eigenvalue weighted by atomic mass is 10.0. The fourth-order valence-corrected chi connectivity index (χ4v) is 5.20. The van der Waals surface area contributed by atoms with E-state index in [1.807, 2.05) is 56.0 Å². The van der Waals surface area contributed by atoms with Crippen molar-refractivity contribution in [2.45, 2.75) is 51.8 Å². The zero-order chi connectivity index (χ0) is 29.5. The molecule has 1 amide bonds. The first-order valence-electron chi connectivity index (χ1n) is 14.0. The van der Waals surface area contributed by atoms with E-state index in [9.17, 15) is 18.7 Å². The van der Waals surface area contributed by atoms with Crippen molar-refractivity contribution in [1.82, 2.24) is 14.8 Å². The van der Waals surface area contributed by atoms with E-state index in [0.717, 1.165) is 29.0 Å². The Balaban J connectivity index is 0.000000218. The second kappa shape index (κ2) is 13.7. The summed E-state index contributed by atoms with van der Waals surface area (Å²) in [6, 6.07) is 20.4. The molecular weight excluding hydrogens is 522 g/mol. The molecule has 8 heteroatoms. The lowest BCUT2D eigenvalue weighted by Gasteiger charge is -2.42. The lowest BCUT2D eigenvalue weighted by Crippen LogP contribution is -2.54. The number of aromatic nitrogens is 1. The fraction of sp³-hybridized carbons (Fsp3) is 0.333. The summed E-state index contributed by atoms with van der Waals surface area (Å²) in [4.78, 5) is 21.0. The van der Waals surface area contributed by atoms with E-state index in [1.165, 1.54) is 12.1 Å². The smallest absolute Gasteiger partial charge is 0.254 e. The number of para-hydroxylation sites is 1. The van der Waals surface area contributed by atoms with E-state index in [2.05, 4.69) is 9.88 Å². The van der Waals surface area contributed by atoms with Crippen molar-refractivity contribution >= 4 is 22.5 Å². The molecule has 1 aliphatic rings. The van der Waals surface area contributed by atoms with Crippen LogP contribution in [0, 0.1) is 11.6 Å². The van der Waals surface area contributed by atoms with Crippen LogP contribution in [0.4, 0.5) is 14.5 Å². The average molecular weight is 561 g/mol. The minimum absolute atomic E-state index is 0.0141. The van der Waals surface area contributed by atoms with Crippen molar-refractivity contribution in [3.8, 4) is 0 Å². The maximum absolute atomic E-state index is 14.1. The summed E-state index contributed by atoms with van der Waals surface area (Å²) in [6.07, 6.45) is 3.00. The van der Waals surface area contributed by atoms with Gasteiger partial charge in [-0.3, -0.25) is 14.7 Å². The zero-order valence-electron chi connectivity index (χ0n) is 23.8. The van der Waals surface area contributed by atoms with Gasteiger partial charge in [0.2, 0.25) is 0 Å². The van der Waals surface area contributed by atoms with Crippen LogP contribution >= 0.6 is 0 Å². The topological polar surface area (TPSA) is 82.7 Å². The van der Waals surface area contributed by atoms with Crippen LogP contribution in [0.15, 0.2) is 79.0 Å². The monoisotopic (exact) mass is 560 g/mol. The Morgan fingerprint density at radius 2 is 1.80 bits per heavy atom. The molecule has 0 saturated carbocycles. The first-order valence-corrected chi connectivity index (χ1v) is 14.0. The molecule has 1 aromatic heterocycles. The molecule has 41 heavy (non-hydrogen) atoms. The van der Waals surface area contributed by atoms with Crippen LogP contribution in [-0.4, -0.2) is 57.6 Å². The third-order valence-corrected chi connectivity index (χ3v) is 7.68. The van der Waals surface area contributed by atoms with Gasteiger partial charge in [0.05, 0.1) is 11.6 Å². The number of nitrogens with zero attached hydrogens (tertiary/aromatic N) is 3. The molecule has 3 N–H and O–H groups in total. The number of aliphatic hydroxyl groups excluding tert-OH is 1. The molecule has 0 aliphatic carbocycles. The van der Waals surface area contributed by atoms with Crippen LogP contribution < -0.4 is 5.73 Å². The van der Waals surface area contributed by atoms with Crippen molar-refractivity contribution in [2.24, 2.45) is 0 Å². The quantitative estimate of drug-likeness (QED) is 0.283. The van der Waals surface area contributed by atoms with E-state index in [0.29, 0.717) is 42.9 Å². The molecular formula is C33H38F2N4O2. The number of piperazine rings is 1. The number of hydrogen-bond donors (Lipinski definition) is 2. The van der Waals surface area contributed by atoms with Gasteiger partial charge in [-0.2, -0.15) is 0 Å². The number of amides is 1. The van der Waals surface area contributed by atoms with Crippen molar-refractivity contribution in [2.75, 3.05) is 25.4 Å². The predicted octanol–water partition coefficient (Wildman–Crippen LogP) is 6.00. The first kappa shape index (κ1) is 30.1. The largest absolute Gasteiger partial charge is 0.399 e. The highest BCUT2D eigenvalue weighted by Gasteiger charge is 2.31. The van der Waals surface area contributed by atoms with Crippen LogP contribution in [0.2, 0.25) is 0 Å². The molecule has 5 rings (SSSR count). The molecule has 3 atom stereocenters. The van der Waals surface area contributed by atoms with Crippen molar-refractivity contribution < 1.29 is 18.7 Å². The molecule has 0 spiro atoms. The van der Waals surface area contributed by atoms with Gasteiger partial charge < -0.3 is 15.7 Å². The highest BCUT2D eigenvalue weighted by molar-refractivity contribution is 5.94. The van der Waals surface area contributed by atoms with Crippen LogP contribution in [0.5, 0.6) is 0 Å². The zero-order valence-corrected chi connectivity index (χ0v) is 23.8. The highest BCUT2D eigenvalue weighted by atomic mass is 19.1. The molecule has 0 bridgehead atoms. The Kier molecular flexibility index (Phi) is 10.0. The van der Waals surface area contributed by atoms with Crippen LogP contribution in [0.3, 0.4) is 0 Å². The molecule has 4 aromatic rings. The number of nitrogen functional groups attached to an aromatic ring is 1. The van der Waals surface area contributed by atoms with Gasteiger partial charge in [0.15, 0.2) is 0 Å². The van der Waals surface area contributed by atoms with E-state index >= 15 is 0 Å². The van der Waals surface area contributed by atoms with E-state index in [1.54, 1.807) is 30.5 Å². The summed E-state index contributed by atoms with van der Waals surface area (Å²) in [5, 5.41) is 10.8. The van der Waals surface area contributed by atoms with Gasteiger partial charge in [0.25, 0.3) is 5.91 Å². The Morgan fingerprint density at radius 3 is 2.49 bits per heavy atom. The third kappa shape index (κ3) is 7.45. The predicted molar refractivity (Wildman–Crippen MR) is 159 cm³/mol. The highest BCUT2D eigenvalue weighted by Crippen LogP contribution is 2.27. The first-order chi connectivity index (χ1) is 19.7. The van der Waals surface area contributed by atoms with Crippen molar-refractivity contribution in [1.29, 1.82) is 0 Å². The van der Waals surface area contributed by atoms with Gasteiger partial charge in [-0.15, -0.1) is 0 Å². The van der Waals surface area contributed by atoms with Crippen LogP contribution in [0.25, 0.3) is 10.9 Å². The second-order valence-electron chi connectivity index (χ2n) is 10.6. The summed E-state index contributed by atoms with van der Waals surface area (Å²) in [6.45, 7) is 7.68. The average Bonchev–Trinajstić information content (AvgIpc) is 2.97. The van der Waals surface area contributed by atoms with Crippen molar-refractivity contribution in [3.63, 3.8) is 0 Å². The summed E-state index contributed by atoms with van der Waals surface area (Å²) in [5.74, 6) is -1.14. The Hall–Kier alpha value is -3.88. The summed E-state index contributed by atoms with van der Waals surface area (Å²) in [7, 11) is 0. The number of fused-ring (bicyclic) bond motifs is 1. The minimum Gasteiger partial charge on any atom is -0.399 e. The van der Waals surface area contributed by atoms with Gasteiger partial charge in [-0.25, -0.2) is 8.78 Å². The number of hydrogen-bond acceptors (Lipinski definition) is 5. The SMILES string of the molecule is CC(c1ccc(F)cc1F)N1CCN(C(=O)c2ccc(N)cc2)C(C)C1.CCC(O)Cc1cccc2cccnc12. The van der Waals surface area contributed by atoms with Crippen LogP contribution in [0.1, 0.15) is 54.7 Å². The number of nitrogens with two attached hydrogens (primary N) is 1. The number of benzene rings is 3. The molecule has 216 valence electrons. The molecule has 1 saturated heterocycles. The normalized spacial score (nSPS) is 17.0. The molecule has 6 nitrogen and oxygen atoms in total. The summed E-state index contributed by atoms with van der Waals surface area (Å²) >= 11 is 0. The van der Waals surface area contributed by atoms with E-state index in [4.69, 9.17) is 5.73 Å². The van der Waals surface area contributed by atoms with Crippen LogP contribution in [-0.2, 0) is 6.42 Å². The summed E-state index contributed by atoms with van der Waals surface area (Å²) < 4.78 is 27.2. The molecule has 3 unspecified atom stereocenters. The molecule has 1 fully saturated rings. The standard InChI is InChI=1S/C20H23F2N3O.C13H15NO/c1-13-12-24(14(2)18-8-5-16(21)11-19(18)22)9-10-25(13)20(26)15-3-6-17(23)7-4-15;1-2-12(15)9-11-6-3-5-10-7-4-8-14-13(10)11/h3-8,11,13-14H,9-10,12,23H2,1-2H3;3-8,12,15H,2,9H2,1H3. The second-order valence-corrected chi connectivity index (χ2v) is 10.6. The Bertz CT molecular complexity index is 1460. The van der Waals surface area contributed by atoms with E-state index < -0.39 is 11.6 Å². The summed E-state index contributed by atoms with van der Waals surface area (Å²) in [5.41, 5.74) is 9.51. The number of anilines is 1. The minimum atomic E-state index is -0.578. The number of pyridine rings is 1. The van der Waals surface area contributed by atoms with Crippen molar-refractivity contribution in [3.05, 3.63) is 107 Å². The van der Waals surface area contributed by atoms with Gasteiger partial charge in [-0.05, 0) is 62.2 Å². The third-order valence-electron chi connectivity index (χ3n) is 7.68. The van der Waals surface area contributed by atoms with Gasteiger partial charge >= 0.3 is 0 Å². The number of carbonyl (C=O) groups is 1. The number of rotatable bonds is 6. The number of halogens is 2. The van der Waals surface area contributed by atoms with Gasteiger partial charge in [-0.1, -0.05) is 37.3 Å². The van der Waals surface area contributed by atoms with E-state index in [-0.39, 0.29) is 24.1 Å². The molecule has 1 aliphatic heterocycles.